The van der Waals surface area contributed by atoms with E-state index in [1.165, 1.54) is 58.1 Å². The number of carbonyl (C=O) groups is 2. The van der Waals surface area contributed by atoms with Gasteiger partial charge in [0.15, 0.2) is 0 Å². The van der Waals surface area contributed by atoms with Crippen molar-refractivity contribution >= 4 is 11.9 Å². The van der Waals surface area contributed by atoms with Crippen molar-refractivity contribution in [2.45, 2.75) is 84.3 Å². The first-order valence-electron chi connectivity index (χ1n) is 14.1. The molecule has 0 aliphatic rings. The summed E-state index contributed by atoms with van der Waals surface area (Å²) in [6.07, 6.45) is 6.05. The van der Waals surface area contributed by atoms with Crippen LogP contribution in [0.25, 0.3) is 11.1 Å². The van der Waals surface area contributed by atoms with E-state index < -0.39 is 23.1 Å². The van der Waals surface area contributed by atoms with E-state index in [9.17, 15) is 19.8 Å². The van der Waals surface area contributed by atoms with Crippen LogP contribution < -0.4 is 0 Å². The number of hydrogen-bond acceptors (Lipinski definition) is 6. The van der Waals surface area contributed by atoms with Crippen LogP contribution in [0.3, 0.4) is 0 Å². The number of carbonyl (C=O) groups excluding carboxylic acids is 2. The van der Waals surface area contributed by atoms with E-state index in [2.05, 4.69) is 68.6 Å². The van der Waals surface area contributed by atoms with Crippen molar-refractivity contribution in [1.29, 1.82) is 0 Å². The summed E-state index contributed by atoms with van der Waals surface area (Å²) in [5.41, 5.74) is 1.86. The maximum Gasteiger partial charge on any atom is 0.336 e. The van der Waals surface area contributed by atoms with Crippen LogP contribution in [0.2, 0.25) is 0 Å². The molecule has 0 aromatic heterocycles. The Bertz CT molecular complexity index is 1090. The first kappa shape index (κ1) is 33.0. The summed E-state index contributed by atoms with van der Waals surface area (Å²) in [5, 5.41) is 20.1. The largest absolute Gasteiger partial charge is 0.462 e. The van der Waals surface area contributed by atoms with Crippen LogP contribution in [-0.2, 0) is 31.9 Å². The van der Waals surface area contributed by atoms with Crippen molar-refractivity contribution in [3.63, 3.8) is 0 Å². The van der Waals surface area contributed by atoms with Crippen LogP contribution in [0.15, 0.2) is 72.8 Å². The van der Waals surface area contributed by atoms with Crippen LogP contribution >= 0.6 is 0 Å². The van der Waals surface area contributed by atoms with Crippen LogP contribution in [0, 0.1) is 5.92 Å². The molecule has 2 N–H and O–H groups in total. The summed E-state index contributed by atoms with van der Waals surface area (Å²) in [6.45, 7) is 15.3. The molecule has 40 heavy (non-hydrogen) atoms. The zero-order valence-electron chi connectivity index (χ0n) is 24.8. The van der Waals surface area contributed by atoms with Crippen molar-refractivity contribution < 1.29 is 29.3 Å². The quantitative estimate of drug-likeness (QED) is 0.143. The van der Waals surface area contributed by atoms with Gasteiger partial charge in [-0.25, -0.2) is 9.59 Å². The Hall–Kier alpha value is -3.22. The molecule has 0 atom stereocenters. The van der Waals surface area contributed by atoms with Crippen molar-refractivity contribution in [3.8, 4) is 11.1 Å². The highest BCUT2D eigenvalue weighted by Crippen LogP contribution is 2.23. The van der Waals surface area contributed by atoms with Crippen LogP contribution in [0.4, 0.5) is 0 Å². The van der Waals surface area contributed by atoms with Gasteiger partial charge in [-0.15, -0.1) is 0 Å². The molecule has 0 radical (unpaired) electrons. The summed E-state index contributed by atoms with van der Waals surface area (Å²) in [4.78, 5) is 24.7. The fraction of sp³-hybridized carbons (Fsp3) is 0.471. The molecule has 0 saturated carbocycles. The minimum atomic E-state index is -1.40. The molecular weight excluding hydrogens is 504 g/mol. The van der Waals surface area contributed by atoms with Gasteiger partial charge in [0.1, 0.15) is 0 Å². The molecule has 0 amide bonds. The van der Waals surface area contributed by atoms with E-state index in [-0.39, 0.29) is 30.3 Å². The van der Waals surface area contributed by atoms with Gasteiger partial charge < -0.3 is 19.7 Å². The minimum absolute atomic E-state index is 0.0150. The number of unbranched alkanes of at least 4 members (excludes halogenated alkanes) is 2. The second-order valence-corrected chi connectivity index (χ2v) is 11.5. The summed E-state index contributed by atoms with van der Waals surface area (Å²) >= 11 is 0. The summed E-state index contributed by atoms with van der Waals surface area (Å²) in [5.74, 6) is -1.71. The zero-order valence-corrected chi connectivity index (χ0v) is 24.8. The summed E-state index contributed by atoms with van der Waals surface area (Å²) in [7, 11) is 0. The fourth-order valence-corrected chi connectivity index (χ4v) is 3.95. The number of benzene rings is 2. The maximum absolute atomic E-state index is 12.4. The Morgan fingerprint density at radius 3 is 1.50 bits per heavy atom. The second-order valence-electron chi connectivity index (χ2n) is 11.5. The molecule has 2 aromatic carbocycles. The molecule has 0 aliphatic carbocycles. The van der Waals surface area contributed by atoms with Gasteiger partial charge in [-0.1, -0.05) is 81.5 Å². The Balaban J connectivity index is 2.02. The van der Waals surface area contributed by atoms with Gasteiger partial charge >= 0.3 is 11.9 Å². The third-order valence-electron chi connectivity index (χ3n) is 7.02. The molecule has 0 unspecified atom stereocenters. The zero-order chi connectivity index (χ0) is 29.9. The van der Waals surface area contributed by atoms with Gasteiger partial charge in [-0.2, -0.15) is 0 Å². The van der Waals surface area contributed by atoms with Crippen molar-refractivity contribution in [3.05, 3.63) is 84.0 Å². The SMILES string of the molecule is C=C(C(=O)OCC(CCc1ccc(-c2ccc(CCCCC)cc2)cc1)COC(=O)C(=C)C(C)(C)O)C(C)(C)O. The lowest BCUT2D eigenvalue weighted by Crippen LogP contribution is -2.31. The molecule has 0 heterocycles. The molecule has 6 heteroatoms. The maximum atomic E-state index is 12.4. The highest BCUT2D eigenvalue weighted by atomic mass is 16.5. The Morgan fingerprint density at radius 2 is 1.12 bits per heavy atom. The first-order chi connectivity index (χ1) is 18.7. The molecule has 2 aromatic rings. The molecule has 0 saturated heterocycles. The molecule has 6 nitrogen and oxygen atoms in total. The normalized spacial score (nSPS) is 11.8. The fourth-order valence-electron chi connectivity index (χ4n) is 3.95. The first-order valence-corrected chi connectivity index (χ1v) is 14.1. The molecule has 218 valence electrons. The van der Waals surface area contributed by atoms with Gasteiger partial charge in [0, 0.05) is 5.92 Å². The predicted molar refractivity (Wildman–Crippen MR) is 160 cm³/mol. The van der Waals surface area contributed by atoms with Crippen LogP contribution in [0.1, 0.15) is 71.4 Å². The lowest BCUT2D eigenvalue weighted by molar-refractivity contribution is -0.146. The lowest BCUT2D eigenvalue weighted by atomic mass is 9.97. The van der Waals surface area contributed by atoms with Gasteiger partial charge in [-0.05, 0) is 75.6 Å². The van der Waals surface area contributed by atoms with E-state index >= 15 is 0 Å². The number of hydrogen-bond donors (Lipinski definition) is 2. The summed E-state index contributed by atoms with van der Waals surface area (Å²) < 4.78 is 10.8. The third-order valence-corrected chi connectivity index (χ3v) is 7.02. The molecule has 0 aliphatic heterocycles. The molecule has 2 rings (SSSR count). The second kappa shape index (κ2) is 15.0. The lowest BCUT2D eigenvalue weighted by Gasteiger charge is -2.23. The Labute approximate surface area is 239 Å². The van der Waals surface area contributed by atoms with Gasteiger partial charge in [0.25, 0.3) is 0 Å². The topological polar surface area (TPSA) is 93.1 Å². The van der Waals surface area contributed by atoms with E-state index in [1.54, 1.807) is 0 Å². The highest BCUT2D eigenvalue weighted by molar-refractivity contribution is 5.90. The van der Waals surface area contributed by atoms with Crippen molar-refractivity contribution in [2.75, 3.05) is 13.2 Å². The summed E-state index contributed by atoms with van der Waals surface area (Å²) in [6, 6.07) is 17.1. The Kier molecular flexibility index (Phi) is 12.3. The predicted octanol–water partition coefficient (Wildman–Crippen LogP) is 6.38. The van der Waals surface area contributed by atoms with Gasteiger partial charge in [0.05, 0.1) is 35.6 Å². The molecular formula is C34H46O6. The number of ether oxygens (including phenoxy) is 2. The number of aryl methyl sites for hydroxylation is 2. The number of rotatable bonds is 16. The third kappa shape index (κ3) is 10.7. The molecule has 0 fully saturated rings. The van der Waals surface area contributed by atoms with Crippen LogP contribution in [-0.4, -0.2) is 46.6 Å². The number of esters is 2. The van der Waals surface area contributed by atoms with E-state index in [1.807, 2.05) is 0 Å². The average Bonchev–Trinajstić information content (AvgIpc) is 2.91. The van der Waals surface area contributed by atoms with Gasteiger partial charge in [-0.3, -0.25) is 0 Å². The van der Waals surface area contributed by atoms with E-state index in [0.29, 0.717) is 12.8 Å². The van der Waals surface area contributed by atoms with Crippen molar-refractivity contribution in [2.24, 2.45) is 5.92 Å². The Morgan fingerprint density at radius 1 is 0.725 bits per heavy atom. The monoisotopic (exact) mass is 550 g/mol. The average molecular weight is 551 g/mol. The smallest absolute Gasteiger partial charge is 0.336 e. The van der Waals surface area contributed by atoms with E-state index in [4.69, 9.17) is 9.47 Å². The van der Waals surface area contributed by atoms with Crippen LogP contribution in [0.5, 0.6) is 0 Å². The van der Waals surface area contributed by atoms with Gasteiger partial charge in [0.2, 0.25) is 0 Å². The molecule has 0 spiro atoms. The number of aliphatic hydroxyl groups is 2. The van der Waals surface area contributed by atoms with E-state index in [0.717, 1.165) is 17.5 Å². The highest BCUT2D eigenvalue weighted by Gasteiger charge is 2.28. The van der Waals surface area contributed by atoms with Crippen molar-refractivity contribution in [1.82, 2.24) is 0 Å². The minimum Gasteiger partial charge on any atom is -0.462 e. The standard InChI is InChI=1S/C34H46O6/c1-8-9-10-11-26-14-18-29(19-15-26)30-20-16-27(17-21-30)12-13-28(22-39-31(35)24(2)33(4,5)37)23-40-32(36)25(3)34(6,7)38/h14-21,28,37-38H,2-3,8-13,22-23H2,1,4-7H3. The molecule has 0 bridgehead atoms.